The van der Waals surface area contributed by atoms with E-state index in [0.29, 0.717) is 12.0 Å². The molecule has 0 radical (unpaired) electrons. The number of rotatable bonds is 4. The van der Waals surface area contributed by atoms with Gasteiger partial charge in [0, 0.05) is 30.5 Å². The van der Waals surface area contributed by atoms with Crippen LogP contribution < -0.4 is 5.32 Å². The highest BCUT2D eigenvalue weighted by Crippen LogP contribution is 2.43. The summed E-state index contributed by atoms with van der Waals surface area (Å²) in [7, 11) is 2.19. The van der Waals surface area contributed by atoms with Gasteiger partial charge in [-0.25, -0.2) is 9.97 Å². The lowest BCUT2D eigenvalue weighted by atomic mass is 10.2. The second-order valence-electron chi connectivity index (χ2n) is 5.51. The number of anilines is 1. The van der Waals surface area contributed by atoms with E-state index in [1.54, 1.807) is 0 Å². The third kappa shape index (κ3) is 3.06. The molecule has 1 aliphatic heterocycles. The fraction of sp³-hybridized carbons (Fsp3) is 0.714. The van der Waals surface area contributed by atoms with Gasteiger partial charge in [0.1, 0.15) is 11.6 Å². The first-order chi connectivity index (χ1) is 9.70. The Morgan fingerprint density at radius 3 is 2.85 bits per heavy atom. The summed E-state index contributed by atoms with van der Waals surface area (Å²) in [5, 5.41) is 3.41. The van der Waals surface area contributed by atoms with Crippen molar-refractivity contribution in [2.45, 2.75) is 31.7 Å². The van der Waals surface area contributed by atoms with Crippen molar-refractivity contribution in [3.05, 3.63) is 15.1 Å². The van der Waals surface area contributed by atoms with Crippen molar-refractivity contribution >= 4 is 40.2 Å². The molecule has 1 atom stereocenters. The van der Waals surface area contributed by atoms with E-state index in [0.717, 1.165) is 30.5 Å². The van der Waals surface area contributed by atoms with Gasteiger partial charge >= 0.3 is 0 Å². The minimum Gasteiger partial charge on any atom is -0.369 e. The highest BCUT2D eigenvalue weighted by Gasteiger charge is 2.32. The average molecular weight is 404 g/mol. The number of nitrogens with zero attached hydrogens (tertiary/aromatic N) is 3. The smallest absolute Gasteiger partial charge is 0.149 e. The standard InChI is InChI=1S/C14H21IN4S/c1-3-16-14-11(15)12(9-4-5-9)17-13(18-14)10-8-20-7-6-19(10)2/h9-10H,3-8H2,1-2H3,(H,16,17,18). The maximum Gasteiger partial charge on any atom is 0.149 e. The Morgan fingerprint density at radius 1 is 1.40 bits per heavy atom. The Labute approximate surface area is 138 Å². The van der Waals surface area contributed by atoms with Gasteiger partial charge in [-0.2, -0.15) is 11.8 Å². The van der Waals surface area contributed by atoms with E-state index in [2.05, 4.69) is 46.8 Å². The predicted molar refractivity (Wildman–Crippen MR) is 93.6 cm³/mol. The van der Waals surface area contributed by atoms with Crippen LogP contribution in [-0.4, -0.2) is 46.5 Å². The molecule has 0 spiro atoms. The lowest BCUT2D eigenvalue weighted by molar-refractivity contribution is 0.264. The van der Waals surface area contributed by atoms with E-state index in [9.17, 15) is 0 Å². The third-order valence-corrected chi connectivity index (χ3v) is 5.98. The topological polar surface area (TPSA) is 41.1 Å². The van der Waals surface area contributed by atoms with Crippen LogP contribution in [0.4, 0.5) is 5.82 Å². The molecule has 0 bridgehead atoms. The van der Waals surface area contributed by atoms with Crippen LogP contribution in [0.15, 0.2) is 0 Å². The predicted octanol–water partition coefficient (Wildman–Crippen LogP) is 3.11. The molecule has 1 saturated heterocycles. The van der Waals surface area contributed by atoms with E-state index in [1.165, 1.54) is 27.9 Å². The summed E-state index contributed by atoms with van der Waals surface area (Å²) >= 11 is 4.42. The number of hydrogen-bond acceptors (Lipinski definition) is 5. The van der Waals surface area contributed by atoms with Crippen LogP contribution in [0.1, 0.15) is 43.2 Å². The number of nitrogens with one attached hydrogen (secondary N) is 1. The van der Waals surface area contributed by atoms with Crippen molar-refractivity contribution in [1.82, 2.24) is 14.9 Å². The SMILES string of the molecule is CCNc1nc(C2CSCCN2C)nc(C2CC2)c1I. The summed E-state index contributed by atoms with van der Waals surface area (Å²) in [5.74, 6) is 5.03. The van der Waals surface area contributed by atoms with E-state index >= 15 is 0 Å². The molecule has 1 aromatic heterocycles. The first-order valence-corrected chi connectivity index (χ1v) is 9.53. The van der Waals surface area contributed by atoms with Crippen LogP contribution in [0.25, 0.3) is 0 Å². The molecule has 1 unspecified atom stereocenters. The molecule has 1 N–H and O–H groups in total. The molecule has 20 heavy (non-hydrogen) atoms. The summed E-state index contributed by atoms with van der Waals surface area (Å²) in [4.78, 5) is 12.2. The number of aromatic nitrogens is 2. The van der Waals surface area contributed by atoms with Crippen molar-refractivity contribution in [3.63, 3.8) is 0 Å². The molecule has 1 saturated carbocycles. The highest BCUT2D eigenvalue weighted by molar-refractivity contribution is 14.1. The molecule has 3 rings (SSSR count). The van der Waals surface area contributed by atoms with Gasteiger partial charge in [0.25, 0.3) is 0 Å². The zero-order chi connectivity index (χ0) is 14.1. The van der Waals surface area contributed by atoms with E-state index in [1.807, 2.05) is 11.8 Å². The molecule has 1 aliphatic carbocycles. The molecule has 2 fully saturated rings. The Balaban J connectivity index is 1.96. The minimum atomic E-state index is 0.362. The van der Waals surface area contributed by atoms with Gasteiger partial charge in [-0.3, -0.25) is 4.90 Å². The maximum absolute atomic E-state index is 4.94. The maximum atomic E-state index is 4.94. The normalized spacial score (nSPS) is 23.9. The second-order valence-corrected chi connectivity index (χ2v) is 7.73. The molecule has 4 nitrogen and oxygen atoms in total. The first kappa shape index (κ1) is 14.8. The fourth-order valence-electron chi connectivity index (χ4n) is 2.50. The van der Waals surface area contributed by atoms with E-state index in [4.69, 9.17) is 9.97 Å². The molecule has 110 valence electrons. The molecule has 0 aromatic carbocycles. The van der Waals surface area contributed by atoms with Gasteiger partial charge in [0.05, 0.1) is 15.3 Å². The van der Waals surface area contributed by atoms with Gasteiger partial charge in [-0.05, 0) is 49.4 Å². The largest absolute Gasteiger partial charge is 0.369 e. The minimum absolute atomic E-state index is 0.362. The van der Waals surface area contributed by atoms with Crippen molar-refractivity contribution < 1.29 is 0 Å². The number of halogens is 1. The van der Waals surface area contributed by atoms with Crippen LogP contribution in [-0.2, 0) is 0 Å². The molecular weight excluding hydrogens is 383 g/mol. The van der Waals surface area contributed by atoms with E-state index < -0.39 is 0 Å². The lowest BCUT2D eigenvalue weighted by Crippen LogP contribution is -2.34. The molecular formula is C14H21IN4S. The summed E-state index contributed by atoms with van der Waals surface area (Å²) in [5.41, 5.74) is 1.27. The van der Waals surface area contributed by atoms with E-state index in [-0.39, 0.29) is 0 Å². The molecule has 2 heterocycles. The molecule has 0 amide bonds. The highest BCUT2D eigenvalue weighted by atomic mass is 127. The Morgan fingerprint density at radius 2 is 2.20 bits per heavy atom. The second kappa shape index (κ2) is 6.36. The summed E-state index contributed by atoms with van der Waals surface area (Å²) in [6.45, 7) is 4.16. The lowest BCUT2D eigenvalue weighted by Gasteiger charge is -2.31. The fourth-order valence-corrected chi connectivity index (χ4v) is 4.58. The van der Waals surface area contributed by atoms with Crippen molar-refractivity contribution in [2.24, 2.45) is 0 Å². The van der Waals surface area contributed by atoms with Crippen LogP contribution >= 0.6 is 34.4 Å². The third-order valence-electron chi connectivity index (χ3n) is 3.90. The quantitative estimate of drug-likeness (QED) is 0.782. The van der Waals surface area contributed by atoms with Gasteiger partial charge < -0.3 is 5.32 Å². The summed E-state index contributed by atoms with van der Waals surface area (Å²) in [6.07, 6.45) is 2.57. The average Bonchev–Trinajstić information content (AvgIpc) is 3.26. The van der Waals surface area contributed by atoms with Gasteiger partial charge in [-0.15, -0.1) is 0 Å². The van der Waals surface area contributed by atoms with Crippen LogP contribution in [0, 0.1) is 3.57 Å². The van der Waals surface area contributed by atoms with Gasteiger partial charge in [0.15, 0.2) is 0 Å². The molecule has 2 aliphatic rings. The van der Waals surface area contributed by atoms with Crippen LogP contribution in [0.3, 0.4) is 0 Å². The van der Waals surface area contributed by atoms with Gasteiger partial charge in [0.2, 0.25) is 0 Å². The Kier molecular flexibility index (Phi) is 4.72. The summed E-state index contributed by atoms with van der Waals surface area (Å²) in [6, 6.07) is 0.362. The van der Waals surface area contributed by atoms with Crippen LogP contribution in [0.2, 0.25) is 0 Å². The monoisotopic (exact) mass is 404 g/mol. The number of thioether (sulfide) groups is 1. The Bertz CT molecular complexity index is 492. The first-order valence-electron chi connectivity index (χ1n) is 7.30. The van der Waals surface area contributed by atoms with Gasteiger partial charge in [-0.1, -0.05) is 0 Å². The molecule has 6 heteroatoms. The Hall–Kier alpha value is -0.0800. The van der Waals surface area contributed by atoms with Crippen molar-refractivity contribution in [3.8, 4) is 0 Å². The molecule has 1 aromatic rings. The van der Waals surface area contributed by atoms with Crippen molar-refractivity contribution in [2.75, 3.05) is 37.0 Å². The van der Waals surface area contributed by atoms with Crippen molar-refractivity contribution in [1.29, 1.82) is 0 Å². The number of hydrogen-bond donors (Lipinski definition) is 1. The summed E-state index contributed by atoms with van der Waals surface area (Å²) < 4.78 is 1.22. The van der Waals surface area contributed by atoms with Crippen LogP contribution in [0.5, 0.6) is 0 Å². The zero-order valence-corrected chi connectivity index (χ0v) is 15.0. The zero-order valence-electron chi connectivity index (χ0n) is 12.0.